The van der Waals surface area contributed by atoms with Gasteiger partial charge in [0.05, 0.1) is 24.5 Å². The Morgan fingerprint density at radius 2 is 1.84 bits per heavy atom. The van der Waals surface area contributed by atoms with Gasteiger partial charge in [0, 0.05) is 91.0 Å². The van der Waals surface area contributed by atoms with Crippen LogP contribution in [-0.4, -0.2) is 66.0 Å². The summed E-state index contributed by atoms with van der Waals surface area (Å²) in [5.74, 6) is 7.61. The van der Waals surface area contributed by atoms with Crippen LogP contribution in [0.15, 0.2) is 73.7 Å². The number of anilines is 1. The minimum atomic E-state index is 0.531. The van der Waals surface area contributed by atoms with Crippen molar-refractivity contribution in [1.82, 2.24) is 34.3 Å². The van der Waals surface area contributed by atoms with Crippen molar-refractivity contribution in [3.63, 3.8) is 0 Å². The van der Waals surface area contributed by atoms with Crippen LogP contribution in [-0.2, 0) is 7.05 Å². The maximum absolute atomic E-state index is 4.91. The van der Waals surface area contributed by atoms with Crippen molar-refractivity contribution in [3.8, 4) is 34.1 Å². The highest BCUT2D eigenvalue weighted by atomic mass is 15.4. The Bertz CT molecular complexity index is 1660. The lowest BCUT2D eigenvalue weighted by atomic mass is 9.87. The molecule has 3 aliphatic heterocycles. The summed E-state index contributed by atoms with van der Waals surface area (Å²) in [5.41, 5.74) is 7.58. The first-order chi connectivity index (χ1) is 18.6. The standard InChI is InChI=1S/C30H28N8/c1-21-13-34-38-18-24(25-16-33-35(2)17-25)11-28(30(21)38)23-7-8-29(32-15-23)36-19-26-12-27(20-36)37(26)10-4-6-22-5-3-9-31-14-22/h3,5,7-9,11,13-18,26-27H,10,12,19-20H2,1-2H3. The molecule has 0 radical (unpaired) electrons. The molecule has 8 nitrogen and oxygen atoms in total. The third-order valence-corrected chi connectivity index (χ3v) is 7.72. The maximum Gasteiger partial charge on any atom is 0.128 e. The summed E-state index contributed by atoms with van der Waals surface area (Å²) in [5, 5.41) is 8.94. The lowest BCUT2D eigenvalue weighted by molar-refractivity contribution is 0.0125. The van der Waals surface area contributed by atoms with Gasteiger partial charge in [0.15, 0.2) is 0 Å². The lowest BCUT2D eigenvalue weighted by Gasteiger charge is -2.56. The number of piperidine rings is 1. The predicted octanol–water partition coefficient (Wildman–Crippen LogP) is 3.81. The molecular formula is C30H28N8. The molecule has 2 unspecified atom stereocenters. The second kappa shape index (κ2) is 9.12. The molecule has 38 heavy (non-hydrogen) atoms. The average Bonchev–Trinajstić information content (AvgIpc) is 3.56. The molecule has 0 amide bonds. The van der Waals surface area contributed by atoms with Gasteiger partial charge in [0.1, 0.15) is 5.82 Å². The monoisotopic (exact) mass is 500 g/mol. The Kier molecular flexibility index (Phi) is 5.45. The van der Waals surface area contributed by atoms with Gasteiger partial charge in [-0.15, -0.1) is 0 Å². The normalized spacial score (nSPS) is 18.7. The molecule has 8 rings (SSSR count). The van der Waals surface area contributed by atoms with E-state index in [0.717, 1.165) is 64.3 Å². The molecule has 2 bridgehead atoms. The summed E-state index contributed by atoms with van der Waals surface area (Å²) in [6, 6.07) is 11.6. The molecule has 2 atom stereocenters. The van der Waals surface area contributed by atoms with Crippen LogP contribution in [0, 0.1) is 18.8 Å². The Labute approximate surface area is 221 Å². The first-order valence-electron chi connectivity index (χ1n) is 13.0. The summed E-state index contributed by atoms with van der Waals surface area (Å²) in [6.07, 6.45) is 14.7. The molecule has 3 aliphatic rings. The number of aryl methyl sites for hydroxylation is 2. The molecule has 0 N–H and O–H groups in total. The van der Waals surface area contributed by atoms with Gasteiger partial charge in [-0.2, -0.15) is 10.2 Å². The van der Waals surface area contributed by atoms with Gasteiger partial charge in [-0.05, 0) is 49.2 Å². The van der Waals surface area contributed by atoms with E-state index in [2.05, 4.69) is 68.1 Å². The second-order valence-electron chi connectivity index (χ2n) is 10.2. The first kappa shape index (κ1) is 22.7. The van der Waals surface area contributed by atoms with Gasteiger partial charge in [0.2, 0.25) is 0 Å². The van der Waals surface area contributed by atoms with Crippen LogP contribution in [0.1, 0.15) is 17.5 Å². The van der Waals surface area contributed by atoms with Gasteiger partial charge >= 0.3 is 0 Å². The van der Waals surface area contributed by atoms with E-state index in [1.807, 2.05) is 59.4 Å². The van der Waals surface area contributed by atoms with E-state index in [1.54, 1.807) is 6.20 Å². The van der Waals surface area contributed by atoms with E-state index in [1.165, 1.54) is 6.42 Å². The minimum absolute atomic E-state index is 0.531. The maximum atomic E-state index is 4.91. The second-order valence-corrected chi connectivity index (χ2v) is 10.2. The third-order valence-electron chi connectivity index (χ3n) is 7.72. The van der Waals surface area contributed by atoms with E-state index in [4.69, 9.17) is 4.98 Å². The number of nitrogens with zero attached hydrogens (tertiary/aromatic N) is 8. The van der Waals surface area contributed by atoms with Gasteiger partial charge in [-0.3, -0.25) is 14.6 Å². The third kappa shape index (κ3) is 4.01. The summed E-state index contributed by atoms with van der Waals surface area (Å²) in [6.45, 7) is 4.88. The number of hydrogen-bond acceptors (Lipinski definition) is 6. The number of fused-ring (bicyclic) bond motifs is 3. The average molecular weight is 501 g/mol. The van der Waals surface area contributed by atoms with Crippen LogP contribution in [0.3, 0.4) is 0 Å². The number of hydrogen-bond donors (Lipinski definition) is 0. The highest BCUT2D eigenvalue weighted by Crippen LogP contribution is 2.35. The van der Waals surface area contributed by atoms with Crippen molar-refractivity contribution in [2.45, 2.75) is 25.4 Å². The van der Waals surface area contributed by atoms with Crippen molar-refractivity contribution < 1.29 is 0 Å². The SMILES string of the molecule is Cc1cnn2cc(-c3cnn(C)c3)cc(-c3ccc(N4CC5CC(C4)N5CC#Cc4cccnc4)nc3)c12. The summed E-state index contributed by atoms with van der Waals surface area (Å²) in [7, 11) is 1.93. The largest absolute Gasteiger partial charge is 0.353 e. The van der Waals surface area contributed by atoms with Crippen molar-refractivity contribution in [2.24, 2.45) is 7.05 Å². The molecule has 0 aromatic carbocycles. The zero-order valence-corrected chi connectivity index (χ0v) is 21.5. The summed E-state index contributed by atoms with van der Waals surface area (Å²) >= 11 is 0. The molecule has 3 saturated heterocycles. The molecular weight excluding hydrogens is 472 g/mol. The van der Waals surface area contributed by atoms with Crippen LogP contribution in [0.25, 0.3) is 27.8 Å². The fraction of sp³-hybridized carbons (Fsp3) is 0.267. The van der Waals surface area contributed by atoms with Crippen LogP contribution in [0.5, 0.6) is 0 Å². The van der Waals surface area contributed by atoms with Crippen LogP contribution in [0.4, 0.5) is 5.82 Å². The molecule has 0 spiro atoms. The first-order valence-corrected chi connectivity index (χ1v) is 13.0. The molecule has 0 aliphatic carbocycles. The molecule has 0 saturated carbocycles. The fourth-order valence-corrected chi connectivity index (χ4v) is 5.76. The van der Waals surface area contributed by atoms with Gasteiger partial charge < -0.3 is 4.90 Å². The van der Waals surface area contributed by atoms with Gasteiger partial charge in [-0.1, -0.05) is 11.8 Å². The number of rotatable bonds is 4. The Hall–Kier alpha value is -4.48. The Morgan fingerprint density at radius 3 is 2.58 bits per heavy atom. The highest BCUT2D eigenvalue weighted by Gasteiger charge is 2.44. The van der Waals surface area contributed by atoms with Crippen LogP contribution in [0.2, 0.25) is 0 Å². The zero-order chi connectivity index (χ0) is 25.6. The van der Waals surface area contributed by atoms with E-state index >= 15 is 0 Å². The van der Waals surface area contributed by atoms with Gasteiger partial charge in [0.25, 0.3) is 0 Å². The topological polar surface area (TPSA) is 67.4 Å². The van der Waals surface area contributed by atoms with Crippen molar-refractivity contribution >= 4 is 11.3 Å². The smallest absolute Gasteiger partial charge is 0.128 e. The lowest BCUT2D eigenvalue weighted by Crippen LogP contribution is -2.68. The van der Waals surface area contributed by atoms with E-state index in [-0.39, 0.29) is 0 Å². The number of piperazine rings is 1. The molecule has 5 aromatic rings. The molecule has 3 fully saturated rings. The molecule has 5 aromatic heterocycles. The summed E-state index contributed by atoms with van der Waals surface area (Å²) in [4.78, 5) is 14.0. The molecule has 188 valence electrons. The molecule has 8 heterocycles. The van der Waals surface area contributed by atoms with E-state index < -0.39 is 0 Å². The van der Waals surface area contributed by atoms with E-state index in [9.17, 15) is 0 Å². The Morgan fingerprint density at radius 1 is 0.947 bits per heavy atom. The van der Waals surface area contributed by atoms with Crippen molar-refractivity contribution in [2.75, 3.05) is 24.5 Å². The van der Waals surface area contributed by atoms with Gasteiger partial charge in [-0.25, -0.2) is 9.50 Å². The molecule has 8 heteroatoms. The highest BCUT2D eigenvalue weighted by molar-refractivity contribution is 5.86. The number of pyridine rings is 3. The van der Waals surface area contributed by atoms with Crippen LogP contribution < -0.4 is 4.90 Å². The fourth-order valence-electron chi connectivity index (χ4n) is 5.76. The van der Waals surface area contributed by atoms with Crippen molar-refractivity contribution in [1.29, 1.82) is 0 Å². The zero-order valence-electron chi connectivity index (χ0n) is 21.5. The number of aromatic nitrogens is 6. The summed E-state index contributed by atoms with van der Waals surface area (Å²) < 4.78 is 3.78. The minimum Gasteiger partial charge on any atom is -0.353 e. The van der Waals surface area contributed by atoms with Crippen molar-refractivity contribution in [3.05, 3.63) is 84.8 Å². The Balaban J connectivity index is 1.10. The van der Waals surface area contributed by atoms with Crippen LogP contribution >= 0.6 is 0 Å². The predicted molar refractivity (Wildman–Crippen MR) is 148 cm³/mol. The van der Waals surface area contributed by atoms with E-state index in [0.29, 0.717) is 12.1 Å². The quantitative estimate of drug-likeness (QED) is 0.350.